The van der Waals surface area contributed by atoms with E-state index in [9.17, 15) is 9.90 Å². The molecule has 0 saturated heterocycles. The van der Waals surface area contributed by atoms with E-state index < -0.39 is 16.9 Å². The van der Waals surface area contributed by atoms with Crippen molar-refractivity contribution in [3.8, 4) is 0 Å². The van der Waals surface area contributed by atoms with E-state index >= 15 is 0 Å². The molecule has 0 unspecified atom stereocenters. The van der Waals surface area contributed by atoms with Crippen molar-refractivity contribution in [2.75, 3.05) is 7.11 Å². The summed E-state index contributed by atoms with van der Waals surface area (Å²) in [7, 11) is 1.24. The highest BCUT2D eigenvalue weighted by atomic mass is 35.5. The molecule has 1 N–H and O–H groups in total. The lowest BCUT2D eigenvalue weighted by atomic mass is 9.96. The molecule has 15 heavy (non-hydrogen) atoms. The van der Waals surface area contributed by atoms with E-state index in [0.29, 0.717) is 12.0 Å². The highest BCUT2D eigenvalue weighted by Gasteiger charge is 2.51. The zero-order chi connectivity index (χ0) is 11.1. The summed E-state index contributed by atoms with van der Waals surface area (Å²) in [5, 5.41) is 9.61. The smallest absolute Gasteiger partial charge is 0.344 e. The van der Waals surface area contributed by atoms with Crippen LogP contribution in [0.15, 0.2) is 24.3 Å². The van der Waals surface area contributed by atoms with Crippen LogP contribution in [0.5, 0.6) is 0 Å². The maximum absolute atomic E-state index is 11.6. The Labute approximate surface area is 92.6 Å². The molecule has 2 atom stereocenters. The number of ether oxygens (including phenoxy) is 1. The average Bonchev–Trinajstić information content (AvgIpc) is 2.52. The third-order valence-corrected chi connectivity index (χ3v) is 3.25. The first-order valence-electron chi connectivity index (χ1n) is 4.64. The van der Waals surface area contributed by atoms with Gasteiger partial charge >= 0.3 is 5.97 Å². The number of benzene rings is 1. The van der Waals surface area contributed by atoms with Crippen molar-refractivity contribution < 1.29 is 14.6 Å². The van der Waals surface area contributed by atoms with Gasteiger partial charge in [-0.3, -0.25) is 0 Å². The molecule has 0 saturated carbocycles. The number of carbonyl (C=O) groups is 1. The SMILES string of the molecule is COC(=O)[C@@]1(O)c2ccccc2C[C@H]1Cl. The van der Waals surface area contributed by atoms with E-state index in [1.165, 1.54) is 7.11 Å². The van der Waals surface area contributed by atoms with Gasteiger partial charge in [-0.25, -0.2) is 4.79 Å². The lowest BCUT2D eigenvalue weighted by Crippen LogP contribution is -2.41. The monoisotopic (exact) mass is 226 g/mol. The molecule has 0 bridgehead atoms. The predicted octanol–water partition coefficient (Wildman–Crippen LogP) is 1.21. The lowest BCUT2D eigenvalue weighted by Gasteiger charge is -2.23. The van der Waals surface area contributed by atoms with Crippen molar-refractivity contribution in [2.24, 2.45) is 0 Å². The van der Waals surface area contributed by atoms with Crippen LogP contribution >= 0.6 is 11.6 Å². The van der Waals surface area contributed by atoms with Crippen LogP contribution in [-0.4, -0.2) is 23.6 Å². The summed E-state index contributed by atoms with van der Waals surface area (Å²) >= 11 is 6.01. The van der Waals surface area contributed by atoms with Crippen molar-refractivity contribution in [1.82, 2.24) is 0 Å². The Bertz CT molecular complexity index is 405. The maximum atomic E-state index is 11.6. The molecule has 0 aromatic heterocycles. The molecular weight excluding hydrogens is 216 g/mol. The molecule has 0 fully saturated rings. The number of hydrogen-bond acceptors (Lipinski definition) is 3. The molecule has 0 radical (unpaired) electrons. The Hall–Kier alpha value is -1.06. The summed E-state index contributed by atoms with van der Waals surface area (Å²) < 4.78 is 4.59. The molecule has 0 aliphatic heterocycles. The Balaban J connectivity index is 2.54. The molecule has 1 aliphatic carbocycles. The second kappa shape index (κ2) is 3.51. The van der Waals surface area contributed by atoms with Gasteiger partial charge in [0.25, 0.3) is 0 Å². The standard InChI is InChI=1S/C11H11ClO3/c1-15-10(13)11(14)8-5-3-2-4-7(8)6-9(11)12/h2-5,9,14H,6H2,1H3/t9-,11-/m1/s1. The van der Waals surface area contributed by atoms with E-state index in [0.717, 1.165) is 5.56 Å². The molecular formula is C11H11ClO3. The number of carbonyl (C=O) groups excluding carboxylic acids is 1. The maximum Gasteiger partial charge on any atom is 0.344 e. The van der Waals surface area contributed by atoms with E-state index in [1.54, 1.807) is 12.1 Å². The summed E-state index contributed by atoms with van der Waals surface area (Å²) in [4.78, 5) is 11.6. The van der Waals surface area contributed by atoms with Gasteiger partial charge < -0.3 is 9.84 Å². The number of alkyl halides is 1. The van der Waals surface area contributed by atoms with Gasteiger partial charge in [-0.05, 0) is 17.5 Å². The zero-order valence-electron chi connectivity index (χ0n) is 8.24. The fourth-order valence-corrected chi connectivity index (χ4v) is 2.35. The van der Waals surface area contributed by atoms with Gasteiger partial charge in [-0.2, -0.15) is 0 Å². The number of esters is 1. The van der Waals surface area contributed by atoms with Gasteiger partial charge in [-0.1, -0.05) is 24.3 Å². The first-order chi connectivity index (χ1) is 7.10. The average molecular weight is 227 g/mol. The Kier molecular flexibility index (Phi) is 2.44. The third kappa shape index (κ3) is 1.34. The highest BCUT2D eigenvalue weighted by Crippen LogP contribution is 2.40. The quantitative estimate of drug-likeness (QED) is 0.579. The van der Waals surface area contributed by atoms with Crippen LogP contribution in [0.25, 0.3) is 0 Å². The minimum atomic E-state index is -1.70. The summed E-state index contributed by atoms with van der Waals surface area (Å²) in [6.07, 6.45) is 0.476. The number of aliphatic hydroxyl groups is 1. The zero-order valence-corrected chi connectivity index (χ0v) is 8.99. The van der Waals surface area contributed by atoms with Gasteiger partial charge in [-0.15, -0.1) is 11.6 Å². The molecule has 4 heteroatoms. The van der Waals surface area contributed by atoms with E-state index in [-0.39, 0.29) is 0 Å². The molecule has 1 aliphatic rings. The number of halogens is 1. The van der Waals surface area contributed by atoms with Crippen LogP contribution in [-0.2, 0) is 21.6 Å². The third-order valence-electron chi connectivity index (χ3n) is 2.78. The summed E-state index contributed by atoms with van der Waals surface area (Å²) in [6, 6.07) is 7.17. The normalized spacial score (nSPS) is 28.6. The van der Waals surface area contributed by atoms with Crippen molar-refractivity contribution in [1.29, 1.82) is 0 Å². The predicted molar refractivity (Wildman–Crippen MR) is 55.7 cm³/mol. The minimum absolute atomic E-state index is 0.476. The molecule has 2 rings (SSSR count). The summed E-state index contributed by atoms with van der Waals surface area (Å²) in [6.45, 7) is 0. The van der Waals surface area contributed by atoms with E-state index in [1.807, 2.05) is 12.1 Å². The van der Waals surface area contributed by atoms with Crippen LogP contribution in [0.1, 0.15) is 11.1 Å². The Morgan fingerprint density at radius 3 is 2.93 bits per heavy atom. The second-order valence-electron chi connectivity index (χ2n) is 3.59. The van der Waals surface area contributed by atoms with Crippen LogP contribution in [0.4, 0.5) is 0 Å². The van der Waals surface area contributed by atoms with Crippen molar-refractivity contribution >= 4 is 17.6 Å². The van der Waals surface area contributed by atoms with Crippen LogP contribution < -0.4 is 0 Å². The van der Waals surface area contributed by atoms with Crippen LogP contribution in [0.3, 0.4) is 0 Å². The van der Waals surface area contributed by atoms with Crippen molar-refractivity contribution in [3.63, 3.8) is 0 Å². The number of methoxy groups -OCH3 is 1. The first-order valence-corrected chi connectivity index (χ1v) is 5.07. The molecule has 80 valence electrons. The van der Waals surface area contributed by atoms with Crippen molar-refractivity contribution in [3.05, 3.63) is 35.4 Å². The van der Waals surface area contributed by atoms with Crippen LogP contribution in [0, 0.1) is 0 Å². The minimum Gasteiger partial charge on any atom is -0.467 e. The Morgan fingerprint density at radius 2 is 2.27 bits per heavy atom. The Morgan fingerprint density at radius 1 is 1.60 bits per heavy atom. The summed E-state index contributed by atoms with van der Waals surface area (Å²) in [5.74, 6) is -0.701. The van der Waals surface area contributed by atoms with E-state index in [2.05, 4.69) is 4.74 Å². The summed E-state index contributed by atoms with van der Waals surface area (Å²) in [5.41, 5.74) is -0.255. The molecule has 0 spiro atoms. The van der Waals surface area contributed by atoms with Crippen molar-refractivity contribution in [2.45, 2.75) is 17.4 Å². The first kappa shape index (κ1) is 10.5. The largest absolute Gasteiger partial charge is 0.467 e. The van der Waals surface area contributed by atoms with Gasteiger partial charge in [0.2, 0.25) is 5.60 Å². The molecule has 1 aromatic carbocycles. The number of fused-ring (bicyclic) bond motifs is 1. The van der Waals surface area contributed by atoms with Gasteiger partial charge in [0.15, 0.2) is 0 Å². The molecule has 1 aromatic rings. The lowest BCUT2D eigenvalue weighted by molar-refractivity contribution is -0.162. The fourth-order valence-electron chi connectivity index (χ4n) is 1.97. The molecule has 0 heterocycles. The van der Waals surface area contributed by atoms with Crippen LogP contribution in [0.2, 0.25) is 0 Å². The van der Waals surface area contributed by atoms with Gasteiger partial charge in [0.1, 0.15) is 0 Å². The highest BCUT2D eigenvalue weighted by molar-refractivity contribution is 6.23. The molecule has 3 nitrogen and oxygen atoms in total. The number of rotatable bonds is 1. The fraction of sp³-hybridized carbons (Fsp3) is 0.364. The topological polar surface area (TPSA) is 46.5 Å². The van der Waals surface area contributed by atoms with Gasteiger partial charge in [0.05, 0.1) is 12.5 Å². The molecule has 0 amide bonds. The van der Waals surface area contributed by atoms with Gasteiger partial charge in [0, 0.05) is 0 Å². The van der Waals surface area contributed by atoms with E-state index in [4.69, 9.17) is 11.6 Å². The second-order valence-corrected chi connectivity index (χ2v) is 4.11. The number of hydrogen-bond donors (Lipinski definition) is 1.